The molecule has 1 atom stereocenters. The third-order valence-corrected chi connectivity index (χ3v) is 8.34. The number of unbranched alkanes of at least 4 members (excludes halogenated alkanes) is 1. The van der Waals surface area contributed by atoms with Crippen LogP contribution in [0, 0.1) is 29.1 Å². The van der Waals surface area contributed by atoms with E-state index in [4.69, 9.17) is 27.9 Å². The van der Waals surface area contributed by atoms with E-state index in [1.54, 1.807) is 12.1 Å². The van der Waals surface area contributed by atoms with Crippen molar-refractivity contribution in [2.75, 3.05) is 0 Å². The molecule has 0 fully saturated rings. The van der Waals surface area contributed by atoms with Gasteiger partial charge in [-0.15, -0.1) is 0 Å². The van der Waals surface area contributed by atoms with Gasteiger partial charge in [0.15, 0.2) is 5.75 Å². The lowest BCUT2D eigenvalue weighted by molar-refractivity contribution is 0.305. The third-order valence-electron chi connectivity index (χ3n) is 7.57. The van der Waals surface area contributed by atoms with Crippen LogP contribution in [-0.2, 0) is 19.4 Å². The number of hydrogen-bond donors (Lipinski definition) is 0. The average molecular weight is 596 g/mol. The topological polar surface area (TPSA) is 45.4 Å². The molecule has 0 saturated carbocycles. The predicted molar refractivity (Wildman–Crippen MR) is 172 cm³/mol. The van der Waals surface area contributed by atoms with Gasteiger partial charge in [-0.1, -0.05) is 79.4 Å². The molecule has 6 heteroatoms. The van der Waals surface area contributed by atoms with E-state index in [1.807, 2.05) is 24.3 Å². The fourth-order valence-electron chi connectivity index (χ4n) is 5.39. The number of isothiocyanates is 1. The number of fused-ring (bicyclic) bond motifs is 2. The van der Waals surface area contributed by atoms with Crippen molar-refractivity contribution >= 4 is 57.0 Å². The van der Waals surface area contributed by atoms with E-state index in [-0.39, 0.29) is 0 Å². The zero-order valence-electron chi connectivity index (χ0n) is 22.8. The molecule has 1 unspecified atom stereocenters. The minimum Gasteiger partial charge on any atom is -0.486 e. The first kappa shape index (κ1) is 28.9. The van der Waals surface area contributed by atoms with Crippen LogP contribution in [0.15, 0.2) is 65.7 Å². The summed E-state index contributed by atoms with van der Waals surface area (Å²) in [6, 6.07) is 21.7. The van der Waals surface area contributed by atoms with Crippen molar-refractivity contribution in [2.24, 2.45) is 10.9 Å². The molecule has 1 aliphatic carbocycles. The zero-order chi connectivity index (χ0) is 28.8. The molecule has 0 saturated heterocycles. The van der Waals surface area contributed by atoms with E-state index >= 15 is 0 Å². The minimum absolute atomic E-state index is 0.374. The summed E-state index contributed by atoms with van der Waals surface area (Å²) in [5, 5.41) is 15.1. The lowest BCUT2D eigenvalue weighted by atomic mass is 9.81. The Kier molecular flexibility index (Phi) is 9.41. The molecule has 0 amide bonds. The van der Waals surface area contributed by atoms with Crippen molar-refractivity contribution in [1.29, 1.82) is 5.26 Å². The molecule has 0 aromatic heterocycles. The number of aliphatic imine (C=N–C) groups is 1. The van der Waals surface area contributed by atoms with Gasteiger partial charge in [0.2, 0.25) is 0 Å². The Labute approximate surface area is 256 Å². The molecule has 4 aromatic rings. The second kappa shape index (κ2) is 13.4. The molecule has 0 heterocycles. The number of hydrogen-bond acceptors (Lipinski definition) is 4. The van der Waals surface area contributed by atoms with Crippen LogP contribution in [0.1, 0.15) is 66.0 Å². The summed E-state index contributed by atoms with van der Waals surface area (Å²) in [4.78, 5) is 3.92. The second-order valence-corrected chi connectivity index (χ2v) is 11.3. The van der Waals surface area contributed by atoms with Crippen LogP contribution in [0.5, 0.6) is 5.75 Å². The standard InChI is InChI=1S/C35H28Cl2N2OS/c1-2-3-4-23-9-13-31-29(16-23)19-32(36)35(34(31)37)40-21-26-8-12-27-15-24(7-11-28(27)18-26)5-6-25-10-14-33(39-22-41)30(17-25)20-38/h7-8,10-12,14-15,17-19,23H,2-4,9,13,16,21H2,1H3. The summed E-state index contributed by atoms with van der Waals surface area (Å²) < 4.78 is 6.19. The van der Waals surface area contributed by atoms with Gasteiger partial charge in [-0.2, -0.15) is 10.3 Å². The van der Waals surface area contributed by atoms with E-state index in [2.05, 4.69) is 71.5 Å². The highest BCUT2D eigenvalue weighted by Crippen LogP contribution is 2.42. The summed E-state index contributed by atoms with van der Waals surface area (Å²) in [7, 11) is 0. The monoisotopic (exact) mass is 594 g/mol. The molecule has 3 nitrogen and oxygen atoms in total. The Morgan fingerprint density at radius 1 is 1.00 bits per heavy atom. The second-order valence-electron chi connectivity index (χ2n) is 10.4. The molecular formula is C35H28Cl2N2OS. The maximum absolute atomic E-state index is 9.36. The number of thiocarbonyl (C=S) groups is 1. The smallest absolute Gasteiger partial charge is 0.157 e. The highest BCUT2D eigenvalue weighted by Gasteiger charge is 2.24. The third kappa shape index (κ3) is 6.82. The lowest BCUT2D eigenvalue weighted by Crippen LogP contribution is -2.15. The van der Waals surface area contributed by atoms with Gasteiger partial charge in [-0.3, -0.25) is 0 Å². The number of benzene rings is 4. The Hall–Kier alpha value is -3.63. The van der Waals surface area contributed by atoms with Gasteiger partial charge in [-0.25, -0.2) is 0 Å². The average Bonchev–Trinajstić information content (AvgIpc) is 2.99. The summed E-state index contributed by atoms with van der Waals surface area (Å²) in [6.45, 7) is 2.62. The van der Waals surface area contributed by atoms with Gasteiger partial charge in [0.1, 0.15) is 12.7 Å². The fourth-order valence-corrected chi connectivity index (χ4v) is 6.19. The van der Waals surface area contributed by atoms with Crippen molar-refractivity contribution in [3.8, 4) is 23.7 Å². The van der Waals surface area contributed by atoms with E-state index in [0.29, 0.717) is 39.6 Å². The lowest BCUT2D eigenvalue weighted by Gasteiger charge is -2.27. The van der Waals surface area contributed by atoms with Crippen molar-refractivity contribution < 1.29 is 4.74 Å². The van der Waals surface area contributed by atoms with Crippen LogP contribution in [0.4, 0.5) is 5.69 Å². The number of ether oxygens (including phenoxy) is 1. The van der Waals surface area contributed by atoms with Crippen molar-refractivity contribution in [3.05, 3.63) is 104 Å². The van der Waals surface area contributed by atoms with Gasteiger partial charge >= 0.3 is 0 Å². The van der Waals surface area contributed by atoms with Gasteiger partial charge in [0.05, 0.1) is 26.5 Å². The molecule has 0 spiro atoms. The molecule has 5 rings (SSSR count). The summed E-state index contributed by atoms with van der Waals surface area (Å²) >= 11 is 18.1. The molecule has 41 heavy (non-hydrogen) atoms. The fraction of sp³-hybridized carbons (Fsp3) is 0.257. The molecule has 0 aliphatic heterocycles. The van der Waals surface area contributed by atoms with Crippen LogP contribution < -0.4 is 4.74 Å². The summed E-state index contributed by atoms with van der Waals surface area (Å²) in [5.74, 6) is 7.60. The number of nitrogens with zero attached hydrogens (tertiary/aromatic N) is 2. The van der Waals surface area contributed by atoms with Gasteiger partial charge in [-0.05, 0) is 107 Å². The van der Waals surface area contributed by atoms with Crippen LogP contribution >= 0.6 is 35.4 Å². The summed E-state index contributed by atoms with van der Waals surface area (Å²) in [6.07, 6.45) is 6.96. The SMILES string of the molecule is CCCCC1CCc2c(cc(Cl)c(OCc3ccc4cc(C#Cc5ccc(N=C=S)c(C#N)c5)ccc4c3)c2Cl)C1. The maximum atomic E-state index is 9.36. The van der Waals surface area contributed by atoms with Gasteiger partial charge in [0.25, 0.3) is 0 Å². The highest BCUT2D eigenvalue weighted by atomic mass is 35.5. The highest BCUT2D eigenvalue weighted by molar-refractivity contribution is 7.78. The molecule has 1 aliphatic rings. The Morgan fingerprint density at radius 3 is 2.54 bits per heavy atom. The van der Waals surface area contributed by atoms with E-state index < -0.39 is 0 Å². The van der Waals surface area contributed by atoms with E-state index in [9.17, 15) is 5.26 Å². The van der Waals surface area contributed by atoms with Crippen LogP contribution in [0.3, 0.4) is 0 Å². The van der Waals surface area contributed by atoms with E-state index in [0.717, 1.165) is 40.3 Å². The first-order chi connectivity index (χ1) is 20.0. The predicted octanol–water partition coefficient (Wildman–Crippen LogP) is 10.0. The van der Waals surface area contributed by atoms with Crippen LogP contribution in [-0.4, -0.2) is 5.16 Å². The van der Waals surface area contributed by atoms with Crippen LogP contribution in [0.25, 0.3) is 10.8 Å². The largest absolute Gasteiger partial charge is 0.486 e. The first-order valence-corrected chi connectivity index (χ1v) is 14.9. The molecule has 0 bridgehead atoms. The quantitative estimate of drug-likeness (QED) is 0.121. The number of halogens is 2. The van der Waals surface area contributed by atoms with Crippen molar-refractivity contribution in [2.45, 2.75) is 52.1 Å². The molecule has 0 N–H and O–H groups in total. The summed E-state index contributed by atoms with van der Waals surface area (Å²) in [5.41, 5.74) is 6.01. The van der Waals surface area contributed by atoms with Crippen molar-refractivity contribution in [3.63, 3.8) is 0 Å². The zero-order valence-corrected chi connectivity index (χ0v) is 25.1. The van der Waals surface area contributed by atoms with Crippen molar-refractivity contribution in [1.82, 2.24) is 0 Å². The Bertz CT molecular complexity index is 1770. The van der Waals surface area contributed by atoms with Gasteiger partial charge < -0.3 is 4.74 Å². The molecular weight excluding hydrogens is 567 g/mol. The molecule has 0 radical (unpaired) electrons. The van der Waals surface area contributed by atoms with Gasteiger partial charge in [0, 0.05) is 11.1 Å². The van der Waals surface area contributed by atoms with E-state index in [1.165, 1.54) is 36.8 Å². The van der Waals surface area contributed by atoms with Crippen LogP contribution in [0.2, 0.25) is 10.0 Å². The number of rotatable bonds is 7. The Morgan fingerprint density at radius 2 is 1.76 bits per heavy atom. The number of nitriles is 1. The normalized spacial score (nSPS) is 13.9. The first-order valence-electron chi connectivity index (χ1n) is 13.8. The molecule has 4 aromatic carbocycles. The molecule has 204 valence electrons. The minimum atomic E-state index is 0.374. The Balaban J connectivity index is 1.29. The maximum Gasteiger partial charge on any atom is 0.157 e.